The summed E-state index contributed by atoms with van der Waals surface area (Å²) in [6, 6.07) is 13.4. The number of benzene rings is 2. The summed E-state index contributed by atoms with van der Waals surface area (Å²) in [5.41, 5.74) is 1.19. The average Bonchev–Trinajstić information content (AvgIpc) is 2.48. The Morgan fingerprint density at radius 3 is 2.11 bits per heavy atom. The van der Waals surface area contributed by atoms with Gasteiger partial charge in [-0.2, -0.15) is 0 Å². The van der Waals surface area contributed by atoms with Gasteiger partial charge >= 0.3 is 5.97 Å². The smallest absolute Gasteiger partial charge is 0.343 e. The molecule has 2 aromatic rings. The zero-order valence-electron chi connectivity index (χ0n) is 10.5. The third-order valence-corrected chi connectivity index (χ3v) is 2.64. The topological polar surface area (TPSA) is 55.8 Å². The van der Waals surface area contributed by atoms with E-state index in [9.17, 15) is 4.79 Å². The first-order valence-electron chi connectivity index (χ1n) is 5.79. The maximum absolute atomic E-state index is 11.9. The molecule has 0 aliphatic carbocycles. The van der Waals surface area contributed by atoms with Gasteiger partial charge in [0.2, 0.25) is 0 Å². The number of hydrogen-bond donors (Lipinski definition) is 1. The van der Waals surface area contributed by atoms with E-state index in [1.165, 1.54) is 0 Å². The van der Waals surface area contributed by atoms with Gasteiger partial charge in [-0.05, 0) is 42.0 Å². The lowest BCUT2D eigenvalue weighted by Crippen LogP contribution is -2.08. The van der Waals surface area contributed by atoms with Crippen LogP contribution >= 0.6 is 0 Å². The van der Waals surface area contributed by atoms with E-state index in [0.29, 0.717) is 17.1 Å². The van der Waals surface area contributed by atoms with E-state index >= 15 is 0 Å². The predicted octanol–water partition coefficient (Wildman–Crippen LogP) is 2.41. The maximum Gasteiger partial charge on any atom is 0.343 e. The van der Waals surface area contributed by atoms with Gasteiger partial charge in [0.25, 0.3) is 0 Å². The SMILES string of the molecule is COc1ccc(OC(=O)c2ccc(CO)cc2)cc1. The molecule has 0 radical (unpaired) electrons. The molecule has 0 aliphatic rings. The fourth-order valence-corrected chi connectivity index (χ4v) is 1.56. The zero-order valence-corrected chi connectivity index (χ0v) is 10.5. The Hall–Kier alpha value is -2.33. The number of carbonyl (C=O) groups excluding carboxylic acids is 1. The molecular weight excluding hydrogens is 244 g/mol. The summed E-state index contributed by atoms with van der Waals surface area (Å²) >= 11 is 0. The molecular formula is C15H14O4. The van der Waals surface area contributed by atoms with E-state index in [0.717, 1.165) is 5.56 Å². The Kier molecular flexibility index (Phi) is 4.15. The van der Waals surface area contributed by atoms with Crippen LogP contribution in [0.2, 0.25) is 0 Å². The number of ether oxygens (including phenoxy) is 2. The van der Waals surface area contributed by atoms with Gasteiger partial charge in [0.15, 0.2) is 0 Å². The predicted molar refractivity (Wildman–Crippen MR) is 70.3 cm³/mol. The highest BCUT2D eigenvalue weighted by Crippen LogP contribution is 2.18. The van der Waals surface area contributed by atoms with E-state index in [1.807, 2.05) is 0 Å². The summed E-state index contributed by atoms with van der Waals surface area (Å²) < 4.78 is 10.2. The lowest BCUT2D eigenvalue weighted by molar-refractivity contribution is 0.0734. The molecule has 4 nitrogen and oxygen atoms in total. The largest absolute Gasteiger partial charge is 0.497 e. The standard InChI is InChI=1S/C15H14O4/c1-18-13-6-8-14(9-7-13)19-15(17)12-4-2-11(10-16)3-5-12/h2-9,16H,10H2,1H3. The molecule has 2 rings (SSSR count). The van der Waals surface area contributed by atoms with Gasteiger partial charge in [-0.25, -0.2) is 4.79 Å². The molecule has 0 saturated carbocycles. The molecule has 98 valence electrons. The number of rotatable bonds is 4. The number of aliphatic hydroxyl groups is 1. The third-order valence-electron chi connectivity index (χ3n) is 2.64. The number of hydrogen-bond acceptors (Lipinski definition) is 4. The number of esters is 1. The minimum absolute atomic E-state index is 0.0478. The van der Waals surface area contributed by atoms with Gasteiger partial charge in [0.05, 0.1) is 19.3 Å². The van der Waals surface area contributed by atoms with Gasteiger partial charge < -0.3 is 14.6 Å². The summed E-state index contributed by atoms with van der Waals surface area (Å²) in [4.78, 5) is 11.9. The van der Waals surface area contributed by atoms with Crippen molar-refractivity contribution in [2.75, 3.05) is 7.11 Å². The highest BCUT2D eigenvalue weighted by molar-refractivity contribution is 5.91. The van der Waals surface area contributed by atoms with Gasteiger partial charge in [0, 0.05) is 0 Å². The van der Waals surface area contributed by atoms with Gasteiger partial charge in [-0.15, -0.1) is 0 Å². The van der Waals surface area contributed by atoms with Crippen molar-refractivity contribution in [1.82, 2.24) is 0 Å². The Labute approximate surface area is 111 Å². The van der Waals surface area contributed by atoms with Crippen molar-refractivity contribution in [2.45, 2.75) is 6.61 Å². The van der Waals surface area contributed by atoms with Crippen LogP contribution in [-0.2, 0) is 6.61 Å². The van der Waals surface area contributed by atoms with Gasteiger partial charge in [0.1, 0.15) is 11.5 Å². The molecule has 0 saturated heterocycles. The number of aliphatic hydroxyl groups excluding tert-OH is 1. The van der Waals surface area contributed by atoms with Crippen LogP contribution in [0.1, 0.15) is 15.9 Å². The lowest BCUT2D eigenvalue weighted by Gasteiger charge is -2.05. The van der Waals surface area contributed by atoms with Gasteiger partial charge in [-0.1, -0.05) is 12.1 Å². The van der Waals surface area contributed by atoms with Crippen molar-refractivity contribution in [3.63, 3.8) is 0 Å². The third kappa shape index (κ3) is 3.33. The molecule has 4 heteroatoms. The molecule has 0 aliphatic heterocycles. The highest BCUT2D eigenvalue weighted by Gasteiger charge is 2.08. The van der Waals surface area contributed by atoms with Crippen LogP contribution in [0.5, 0.6) is 11.5 Å². The monoisotopic (exact) mass is 258 g/mol. The highest BCUT2D eigenvalue weighted by atomic mass is 16.5. The van der Waals surface area contributed by atoms with Crippen LogP contribution in [-0.4, -0.2) is 18.2 Å². The number of methoxy groups -OCH3 is 1. The van der Waals surface area contributed by atoms with Crippen molar-refractivity contribution >= 4 is 5.97 Å². The first-order chi connectivity index (χ1) is 9.22. The molecule has 0 amide bonds. The molecule has 19 heavy (non-hydrogen) atoms. The van der Waals surface area contributed by atoms with E-state index in [4.69, 9.17) is 14.6 Å². The maximum atomic E-state index is 11.9. The summed E-state index contributed by atoms with van der Waals surface area (Å²) in [7, 11) is 1.57. The van der Waals surface area contributed by atoms with Crippen LogP contribution < -0.4 is 9.47 Å². The van der Waals surface area contributed by atoms with E-state index < -0.39 is 5.97 Å². The molecule has 0 bridgehead atoms. The van der Waals surface area contributed by atoms with Crippen molar-refractivity contribution in [3.05, 3.63) is 59.7 Å². The summed E-state index contributed by atoms with van der Waals surface area (Å²) in [5.74, 6) is 0.721. The Morgan fingerprint density at radius 1 is 1.00 bits per heavy atom. The first kappa shape index (κ1) is 13.1. The molecule has 0 unspecified atom stereocenters. The second-order valence-corrected chi connectivity index (χ2v) is 3.92. The van der Waals surface area contributed by atoms with Crippen LogP contribution in [0.25, 0.3) is 0 Å². The second kappa shape index (κ2) is 6.02. The van der Waals surface area contributed by atoms with Crippen LogP contribution in [0, 0.1) is 0 Å². The molecule has 0 spiro atoms. The van der Waals surface area contributed by atoms with Crippen LogP contribution in [0.4, 0.5) is 0 Å². The van der Waals surface area contributed by atoms with Crippen molar-refractivity contribution in [3.8, 4) is 11.5 Å². The fraction of sp³-hybridized carbons (Fsp3) is 0.133. The van der Waals surface area contributed by atoms with E-state index in [2.05, 4.69) is 0 Å². The van der Waals surface area contributed by atoms with Crippen molar-refractivity contribution in [1.29, 1.82) is 0 Å². The van der Waals surface area contributed by atoms with Gasteiger partial charge in [-0.3, -0.25) is 0 Å². The zero-order chi connectivity index (χ0) is 13.7. The molecule has 2 aromatic carbocycles. The van der Waals surface area contributed by atoms with Crippen LogP contribution in [0.3, 0.4) is 0 Å². The second-order valence-electron chi connectivity index (χ2n) is 3.92. The van der Waals surface area contributed by atoms with Crippen LogP contribution in [0.15, 0.2) is 48.5 Å². The minimum Gasteiger partial charge on any atom is -0.497 e. The first-order valence-corrected chi connectivity index (χ1v) is 5.79. The fourth-order valence-electron chi connectivity index (χ4n) is 1.56. The lowest BCUT2D eigenvalue weighted by atomic mass is 10.1. The van der Waals surface area contributed by atoms with E-state index in [1.54, 1.807) is 55.6 Å². The number of carbonyl (C=O) groups is 1. The molecule has 0 fully saturated rings. The summed E-state index contributed by atoms with van der Waals surface area (Å²) in [6.45, 7) is -0.0478. The Balaban J connectivity index is 2.06. The Morgan fingerprint density at radius 2 is 1.58 bits per heavy atom. The Bertz CT molecular complexity index is 543. The molecule has 0 aromatic heterocycles. The average molecular weight is 258 g/mol. The molecule has 0 atom stereocenters. The van der Waals surface area contributed by atoms with Crippen molar-refractivity contribution < 1.29 is 19.4 Å². The quantitative estimate of drug-likeness (QED) is 0.676. The normalized spacial score (nSPS) is 10.0. The summed E-state index contributed by atoms with van der Waals surface area (Å²) in [6.07, 6.45) is 0. The minimum atomic E-state index is -0.436. The molecule has 0 heterocycles. The summed E-state index contributed by atoms with van der Waals surface area (Å²) in [5, 5.41) is 8.92. The molecule has 1 N–H and O–H groups in total. The van der Waals surface area contributed by atoms with Crippen molar-refractivity contribution in [2.24, 2.45) is 0 Å². The van der Waals surface area contributed by atoms with E-state index in [-0.39, 0.29) is 6.61 Å².